The number of rotatable bonds is 6. The first kappa shape index (κ1) is 26.8. The highest BCUT2D eigenvalue weighted by molar-refractivity contribution is 7.07. The molecule has 2 aliphatic heterocycles. The fraction of sp³-hybridized carbons (Fsp3) is 0.480. The second-order valence-corrected chi connectivity index (χ2v) is 10.2. The van der Waals surface area contributed by atoms with E-state index >= 15 is 0 Å². The van der Waals surface area contributed by atoms with Crippen LogP contribution in [0.5, 0.6) is 0 Å². The quantitative estimate of drug-likeness (QED) is 0.585. The molecule has 0 spiro atoms. The Balaban J connectivity index is 1.61. The molecular weight excluding hydrogens is 505 g/mol. The molecule has 2 N–H and O–H groups in total. The van der Waals surface area contributed by atoms with E-state index in [1.54, 1.807) is 18.3 Å². The molecule has 0 atom stereocenters. The molecule has 8 nitrogen and oxygen atoms in total. The van der Waals surface area contributed by atoms with Gasteiger partial charge in [0, 0.05) is 36.7 Å². The second-order valence-electron chi connectivity index (χ2n) is 9.22. The van der Waals surface area contributed by atoms with Gasteiger partial charge in [-0.2, -0.15) is 18.4 Å². The van der Waals surface area contributed by atoms with Crippen molar-refractivity contribution in [3.05, 3.63) is 43.3 Å². The largest absolute Gasteiger partial charge is 0.405 e. The third kappa shape index (κ3) is 5.99. The highest BCUT2D eigenvalue weighted by Crippen LogP contribution is 2.34. The van der Waals surface area contributed by atoms with Crippen molar-refractivity contribution >= 4 is 40.4 Å². The van der Waals surface area contributed by atoms with Crippen LogP contribution < -0.4 is 30.3 Å². The number of fused-ring (bicyclic) bond motifs is 1. The molecule has 1 aromatic carbocycles. The van der Waals surface area contributed by atoms with Gasteiger partial charge in [-0.15, -0.1) is 11.3 Å². The third-order valence-corrected chi connectivity index (χ3v) is 7.87. The maximum absolute atomic E-state index is 12.9. The summed E-state index contributed by atoms with van der Waals surface area (Å²) in [6.07, 6.45) is 0.120. The van der Waals surface area contributed by atoms with Crippen LogP contribution in [0, 0.1) is 11.3 Å². The van der Waals surface area contributed by atoms with E-state index in [1.807, 2.05) is 6.07 Å². The maximum Gasteiger partial charge on any atom is 0.405 e. The van der Waals surface area contributed by atoms with E-state index < -0.39 is 29.8 Å². The topological polar surface area (TPSA) is 93.4 Å². The smallest absolute Gasteiger partial charge is 0.368 e. The molecule has 0 aliphatic carbocycles. The van der Waals surface area contributed by atoms with E-state index in [0.717, 1.165) is 55.9 Å². The first-order valence-corrected chi connectivity index (χ1v) is 13.0. The summed E-state index contributed by atoms with van der Waals surface area (Å²) in [6, 6.07) is 8.25. The predicted octanol–water partition coefficient (Wildman–Crippen LogP) is 1.59. The molecule has 0 unspecified atom stereocenters. The Kier molecular flexibility index (Phi) is 7.94. The minimum atomic E-state index is -4.61. The van der Waals surface area contributed by atoms with Crippen LogP contribution >= 0.6 is 11.3 Å². The summed E-state index contributed by atoms with van der Waals surface area (Å²) in [4.78, 5) is 30.0. The Labute approximate surface area is 216 Å². The predicted molar refractivity (Wildman–Crippen MR) is 138 cm³/mol. The lowest BCUT2D eigenvalue weighted by Gasteiger charge is -2.36. The summed E-state index contributed by atoms with van der Waals surface area (Å²) < 4.78 is 39.0. The zero-order valence-electron chi connectivity index (χ0n) is 20.7. The molecule has 1 aromatic heterocycles. The normalized spacial score (nSPS) is 17.9. The monoisotopic (exact) mass is 534 g/mol. The average Bonchev–Trinajstić information content (AvgIpc) is 3.42. The second kappa shape index (κ2) is 11.0. The number of anilines is 2. The number of hydrogen-bond acceptors (Lipinski definition) is 7. The van der Waals surface area contributed by atoms with Crippen molar-refractivity contribution in [2.75, 3.05) is 43.4 Å². The molecule has 0 radical (unpaired) electrons. The van der Waals surface area contributed by atoms with E-state index in [2.05, 4.69) is 34.3 Å². The van der Waals surface area contributed by atoms with Gasteiger partial charge in [-0.25, -0.2) is 0 Å². The molecule has 4 rings (SSSR count). The summed E-state index contributed by atoms with van der Waals surface area (Å²) in [7, 11) is 2.14. The van der Waals surface area contributed by atoms with Gasteiger partial charge in [-0.3, -0.25) is 14.2 Å². The number of likely N-dealkylation sites (tertiary alicyclic amines) is 1. The Hall–Kier alpha value is -3.30. The zero-order chi connectivity index (χ0) is 26.7. The Morgan fingerprint density at radius 3 is 2.65 bits per heavy atom. The van der Waals surface area contributed by atoms with Crippen LogP contribution in [0.3, 0.4) is 0 Å². The first-order chi connectivity index (χ1) is 17.6. The highest BCUT2D eigenvalue weighted by atomic mass is 32.1. The fourth-order valence-corrected chi connectivity index (χ4v) is 5.87. The molecule has 0 saturated carbocycles. The van der Waals surface area contributed by atoms with Gasteiger partial charge in [-0.05, 0) is 64.0 Å². The summed E-state index contributed by atoms with van der Waals surface area (Å²) >= 11 is 0.889. The van der Waals surface area contributed by atoms with Crippen LogP contribution in [0.25, 0.3) is 11.8 Å². The number of carbonyl (C=O) groups excluding carboxylic acids is 1. The Morgan fingerprint density at radius 2 is 2.00 bits per heavy atom. The highest BCUT2D eigenvalue weighted by Gasteiger charge is 2.30. The lowest BCUT2D eigenvalue weighted by atomic mass is 10.0. The number of thiazole rings is 1. The van der Waals surface area contributed by atoms with Gasteiger partial charge in [0.1, 0.15) is 21.8 Å². The first-order valence-electron chi connectivity index (χ1n) is 12.1. The van der Waals surface area contributed by atoms with Crippen molar-refractivity contribution < 1.29 is 18.0 Å². The number of nitrogens with one attached hydrogen (secondary N) is 2. The molecule has 198 valence electrons. The van der Waals surface area contributed by atoms with Gasteiger partial charge >= 0.3 is 6.18 Å². The molecular formula is C25H29F3N6O2S. The van der Waals surface area contributed by atoms with Crippen LogP contribution in [-0.4, -0.2) is 60.8 Å². The van der Waals surface area contributed by atoms with E-state index in [9.17, 15) is 28.0 Å². The van der Waals surface area contributed by atoms with E-state index in [1.165, 1.54) is 22.0 Å². The van der Waals surface area contributed by atoms with Crippen LogP contribution in [0.15, 0.2) is 23.0 Å². The molecule has 3 heterocycles. The third-order valence-electron chi connectivity index (χ3n) is 6.74. The minimum Gasteiger partial charge on any atom is -0.368 e. The van der Waals surface area contributed by atoms with Crippen molar-refractivity contribution in [3.63, 3.8) is 0 Å². The zero-order valence-corrected chi connectivity index (χ0v) is 21.5. The minimum absolute atomic E-state index is 0.0186. The van der Waals surface area contributed by atoms with Gasteiger partial charge in [0.2, 0.25) is 0 Å². The number of nitriles is 1. The standard InChI is InChI=1S/C25H29F3N6O2S/c1-3-33-23(36)21(37-24(33)19(13-29)22(35)31-15-25(26,27)28)14-30-17-5-4-16-6-11-34(20(16)12-17)18-7-9-32(2)10-8-18/h4-5,12,14,18,30H,3,6-11,15H2,1-2H3,(H,31,35)/b21-14+,24-19-. The fourth-order valence-electron chi connectivity index (χ4n) is 4.79. The lowest BCUT2D eigenvalue weighted by Crippen LogP contribution is -2.43. The van der Waals surface area contributed by atoms with Crippen molar-refractivity contribution in [1.29, 1.82) is 5.26 Å². The van der Waals surface area contributed by atoms with Gasteiger partial charge in [0.25, 0.3) is 11.5 Å². The van der Waals surface area contributed by atoms with Gasteiger partial charge in [-0.1, -0.05) is 6.07 Å². The molecule has 0 bridgehead atoms. The summed E-state index contributed by atoms with van der Waals surface area (Å²) in [5, 5.41) is 14.3. The molecule has 2 aliphatic rings. The van der Waals surface area contributed by atoms with Crippen molar-refractivity contribution in [1.82, 2.24) is 14.8 Å². The maximum atomic E-state index is 12.9. The summed E-state index contributed by atoms with van der Waals surface area (Å²) in [5.74, 6) is -1.17. The average molecular weight is 535 g/mol. The van der Waals surface area contributed by atoms with Gasteiger partial charge in [0.05, 0.1) is 0 Å². The van der Waals surface area contributed by atoms with Gasteiger partial charge in [0.15, 0.2) is 5.57 Å². The molecule has 1 fully saturated rings. The molecule has 37 heavy (non-hydrogen) atoms. The summed E-state index contributed by atoms with van der Waals surface area (Å²) in [5.41, 5.74) is 2.31. The van der Waals surface area contributed by atoms with Crippen LogP contribution in [0.2, 0.25) is 0 Å². The van der Waals surface area contributed by atoms with Crippen LogP contribution in [-0.2, 0) is 17.8 Å². The number of halogens is 3. The van der Waals surface area contributed by atoms with E-state index in [-0.39, 0.29) is 15.7 Å². The number of benzene rings is 1. The van der Waals surface area contributed by atoms with Crippen molar-refractivity contribution in [3.8, 4) is 6.07 Å². The number of carbonyl (C=O) groups is 1. The Bertz CT molecular complexity index is 1380. The van der Waals surface area contributed by atoms with Crippen molar-refractivity contribution in [2.24, 2.45) is 0 Å². The lowest BCUT2D eigenvalue weighted by molar-refractivity contribution is -0.135. The molecule has 12 heteroatoms. The molecule has 1 amide bonds. The molecule has 1 saturated heterocycles. The van der Waals surface area contributed by atoms with Crippen molar-refractivity contribution in [2.45, 2.75) is 44.9 Å². The number of piperidine rings is 1. The number of alkyl halides is 3. The number of aromatic nitrogens is 1. The van der Waals surface area contributed by atoms with Gasteiger partial charge < -0.3 is 20.4 Å². The molecule has 2 aromatic rings. The number of nitrogens with zero attached hydrogens (tertiary/aromatic N) is 4. The Morgan fingerprint density at radius 1 is 1.27 bits per heavy atom. The van der Waals surface area contributed by atoms with Crippen LogP contribution in [0.1, 0.15) is 25.3 Å². The SMILES string of the molecule is CCn1c(=O)/c(=C\Nc2ccc3c(c2)N(C2CCN(C)CC2)CC3)s/c1=C(/C#N)C(=O)NCC(F)(F)F. The number of hydrogen-bond donors (Lipinski definition) is 2. The van der Waals surface area contributed by atoms with E-state index in [0.29, 0.717) is 6.04 Å². The number of amides is 1. The van der Waals surface area contributed by atoms with E-state index in [4.69, 9.17) is 0 Å². The summed E-state index contributed by atoms with van der Waals surface area (Å²) in [6.45, 7) is 3.38. The van der Waals surface area contributed by atoms with Crippen LogP contribution in [0.4, 0.5) is 24.5 Å².